The number of para-hydroxylation sites is 1. The van der Waals surface area contributed by atoms with Crippen LogP contribution in [0.2, 0.25) is 0 Å². The van der Waals surface area contributed by atoms with E-state index in [1.165, 1.54) is 27.4 Å². The second-order valence-corrected chi connectivity index (χ2v) is 14.5. The number of benzene rings is 8. The summed E-state index contributed by atoms with van der Waals surface area (Å²) in [6.07, 6.45) is 0. The van der Waals surface area contributed by atoms with Gasteiger partial charge in [0.25, 0.3) is 5.82 Å². The molecule has 3 aromatic heterocycles. The van der Waals surface area contributed by atoms with Crippen molar-refractivity contribution in [3.8, 4) is 67.5 Å². The Balaban J connectivity index is 1.23. The van der Waals surface area contributed by atoms with Crippen LogP contribution in [0.15, 0.2) is 188 Å². The van der Waals surface area contributed by atoms with Gasteiger partial charge in [0.15, 0.2) is 11.0 Å². The summed E-state index contributed by atoms with van der Waals surface area (Å²) < 4.78 is 4.89. The molecule has 0 atom stereocenters. The molecular weight excluding hydrogens is 683 g/mol. The van der Waals surface area contributed by atoms with E-state index in [0.717, 1.165) is 84.0 Å². The van der Waals surface area contributed by atoms with Crippen LogP contribution in [-0.4, -0.2) is 19.5 Å². The Kier molecular flexibility index (Phi) is 6.56. The van der Waals surface area contributed by atoms with Gasteiger partial charge in [-0.2, -0.15) is 4.57 Å². The van der Waals surface area contributed by atoms with Gasteiger partial charge >= 0.3 is 0 Å². The second kappa shape index (κ2) is 11.9. The van der Waals surface area contributed by atoms with Crippen LogP contribution in [0.5, 0.6) is 0 Å². The predicted octanol–water partition coefficient (Wildman–Crippen LogP) is 12.1. The Bertz CT molecular complexity index is 3330. The van der Waals surface area contributed by atoms with E-state index in [-0.39, 0.29) is 0 Å². The van der Waals surface area contributed by atoms with Crippen molar-refractivity contribution in [3.05, 3.63) is 188 Å². The number of H-pyrrole nitrogens is 1. The topological polar surface area (TPSA) is 50.4 Å². The molecule has 260 valence electrons. The fourth-order valence-electron chi connectivity index (χ4n) is 8.90. The van der Waals surface area contributed by atoms with Crippen molar-refractivity contribution >= 4 is 43.9 Å². The summed E-state index contributed by atoms with van der Waals surface area (Å²) >= 11 is 0. The van der Waals surface area contributed by atoms with Gasteiger partial charge in [-0.15, -0.1) is 0 Å². The number of aromatic nitrogens is 5. The van der Waals surface area contributed by atoms with Gasteiger partial charge in [-0.05, 0) is 59.7 Å². The highest BCUT2D eigenvalue weighted by atomic mass is 15.1. The summed E-state index contributed by atoms with van der Waals surface area (Å²) in [5, 5.41) is 2.46. The summed E-state index contributed by atoms with van der Waals surface area (Å²) in [6.45, 7) is 0. The quantitative estimate of drug-likeness (QED) is 0.180. The Hall–Kier alpha value is -7.63. The molecule has 0 spiro atoms. The normalized spacial score (nSPS) is 11.9. The first-order chi connectivity index (χ1) is 27.8. The summed E-state index contributed by atoms with van der Waals surface area (Å²) in [7, 11) is 0. The van der Waals surface area contributed by atoms with Gasteiger partial charge in [0, 0.05) is 27.6 Å². The molecule has 0 fully saturated rings. The number of rotatable bonds is 5. The maximum atomic E-state index is 5.46. The Morgan fingerprint density at radius 3 is 1.66 bits per heavy atom. The van der Waals surface area contributed by atoms with Crippen molar-refractivity contribution in [2.24, 2.45) is 0 Å². The third-order valence-corrected chi connectivity index (χ3v) is 11.3. The molecule has 0 radical (unpaired) electrons. The highest BCUT2D eigenvalue weighted by Crippen LogP contribution is 2.46. The largest absolute Gasteiger partial charge is 0.308 e. The molecule has 8 aromatic carbocycles. The van der Waals surface area contributed by atoms with Gasteiger partial charge in [0.2, 0.25) is 0 Å². The van der Waals surface area contributed by atoms with E-state index in [9.17, 15) is 0 Å². The molecule has 5 nitrogen and oxygen atoms in total. The lowest BCUT2D eigenvalue weighted by molar-refractivity contribution is -0.553. The van der Waals surface area contributed by atoms with Crippen LogP contribution < -0.4 is 4.57 Å². The molecule has 1 aliphatic rings. The van der Waals surface area contributed by atoms with Gasteiger partial charge in [-0.1, -0.05) is 140 Å². The van der Waals surface area contributed by atoms with Crippen LogP contribution in [0, 0.1) is 0 Å². The standard InChI is InChI=1S/C51H31N5/c1-5-16-32(17-6-1)38-30-40-41(53-49(34-20-9-3-10-21-34)48(52-40)33-18-7-2-8-19-33)31-45(38)55-43-27-15-25-37-36-24-13-14-26-42(36)56-50-39(28-29-44(55)47(50)46(37)43)54-51(56)35-22-11-4-12-23-35/h1-31H/p+1. The zero-order chi connectivity index (χ0) is 36.7. The van der Waals surface area contributed by atoms with Crippen molar-refractivity contribution in [1.82, 2.24) is 19.5 Å². The zero-order valence-electron chi connectivity index (χ0n) is 30.2. The van der Waals surface area contributed by atoms with Gasteiger partial charge in [0.1, 0.15) is 5.69 Å². The van der Waals surface area contributed by atoms with E-state index >= 15 is 0 Å². The van der Waals surface area contributed by atoms with Crippen molar-refractivity contribution in [3.63, 3.8) is 0 Å². The van der Waals surface area contributed by atoms with Gasteiger partial charge in [-0.25, -0.2) is 15.0 Å². The third kappa shape index (κ3) is 4.46. The van der Waals surface area contributed by atoms with Crippen molar-refractivity contribution in [2.45, 2.75) is 0 Å². The highest BCUT2D eigenvalue weighted by Gasteiger charge is 2.33. The van der Waals surface area contributed by atoms with Crippen molar-refractivity contribution < 1.29 is 4.57 Å². The smallest absolute Gasteiger partial charge is 0.292 e. The molecule has 0 saturated carbocycles. The van der Waals surface area contributed by atoms with Crippen molar-refractivity contribution in [1.29, 1.82) is 0 Å². The molecule has 1 N–H and O–H groups in total. The molecule has 0 saturated heterocycles. The summed E-state index contributed by atoms with van der Waals surface area (Å²) in [6, 6.07) is 66.7. The minimum atomic E-state index is 0.839. The highest BCUT2D eigenvalue weighted by molar-refractivity contribution is 6.24. The molecule has 0 bridgehead atoms. The van der Waals surface area contributed by atoms with Crippen LogP contribution >= 0.6 is 0 Å². The average molecular weight is 715 g/mol. The summed E-state index contributed by atoms with van der Waals surface area (Å²) in [5.41, 5.74) is 18.0. The number of fused-ring (bicyclic) bond motifs is 4. The molecule has 56 heavy (non-hydrogen) atoms. The SMILES string of the molecule is c1ccc(-c2cc3nc(-c4ccccc4)c(-c4ccccc4)nc3cc2-n2c3cccc4c3c3c2ccc2[nH]c(-c5ccccc5)[n+](c23)-c2ccccc2-4)cc1. The molecule has 11 aromatic rings. The van der Waals surface area contributed by atoms with Gasteiger partial charge < -0.3 is 4.57 Å². The predicted molar refractivity (Wildman–Crippen MR) is 228 cm³/mol. The van der Waals surface area contributed by atoms with E-state index in [4.69, 9.17) is 9.97 Å². The minimum absolute atomic E-state index is 0.839. The van der Waals surface area contributed by atoms with Crippen LogP contribution in [0.4, 0.5) is 0 Å². The fourth-order valence-corrected chi connectivity index (χ4v) is 8.90. The lowest BCUT2D eigenvalue weighted by Gasteiger charge is -2.17. The Labute approximate surface area is 322 Å². The lowest BCUT2D eigenvalue weighted by Crippen LogP contribution is -2.32. The van der Waals surface area contributed by atoms with E-state index < -0.39 is 0 Å². The number of imidazole rings is 1. The molecule has 5 heteroatoms. The lowest BCUT2D eigenvalue weighted by atomic mass is 9.98. The van der Waals surface area contributed by atoms with Crippen LogP contribution in [-0.2, 0) is 0 Å². The van der Waals surface area contributed by atoms with Gasteiger partial charge in [0.05, 0.1) is 50.1 Å². The monoisotopic (exact) mass is 714 g/mol. The first kappa shape index (κ1) is 30.8. The summed E-state index contributed by atoms with van der Waals surface area (Å²) in [4.78, 5) is 14.7. The van der Waals surface area contributed by atoms with Crippen LogP contribution in [0.1, 0.15) is 0 Å². The average Bonchev–Trinajstić information content (AvgIpc) is 3.79. The van der Waals surface area contributed by atoms with Crippen LogP contribution in [0.25, 0.3) is 111 Å². The number of nitrogens with one attached hydrogen (secondary N) is 1. The third-order valence-electron chi connectivity index (χ3n) is 11.3. The molecule has 0 amide bonds. The van der Waals surface area contributed by atoms with Gasteiger partial charge in [-0.3, -0.25) is 0 Å². The van der Waals surface area contributed by atoms with Crippen LogP contribution in [0.3, 0.4) is 0 Å². The molecular formula is C51H32N5+. The maximum absolute atomic E-state index is 5.46. The van der Waals surface area contributed by atoms with Crippen molar-refractivity contribution in [2.75, 3.05) is 0 Å². The number of aromatic amines is 1. The second-order valence-electron chi connectivity index (χ2n) is 14.5. The molecule has 0 aliphatic carbocycles. The Morgan fingerprint density at radius 2 is 0.982 bits per heavy atom. The molecule has 0 unspecified atom stereocenters. The number of nitrogens with zero attached hydrogens (tertiary/aromatic N) is 4. The number of hydrogen-bond acceptors (Lipinski definition) is 2. The first-order valence-electron chi connectivity index (χ1n) is 19.0. The molecule has 1 aliphatic heterocycles. The Morgan fingerprint density at radius 1 is 0.429 bits per heavy atom. The summed E-state index contributed by atoms with van der Waals surface area (Å²) in [5.74, 6) is 1.06. The minimum Gasteiger partial charge on any atom is -0.308 e. The maximum Gasteiger partial charge on any atom is 0.292 e. The van der Waals surface area contributed by atoms with E-state index in [1.54, 1.807) is 0 Å². The number of hydrogen-bond donors (Lipinski definition) is 1. The first-order valence-corrected chi connectivity index (χ1v) is 19.0. The zero-order valence-corrected chi connectivity index (χ0v) is 30.2. The van der Waals surface area contributed by atoms with E-state index in [1.807, 2.05) is 12.1 Å². The van der Waals surface area contributed by atoms with E-state index in [2.05, 4.69) is 190 Å². The molecule has 4 heterocycles. The van der Waals surface area contributed by atoms with E-state index in [0.29, 0.717) is 0 Å². The fraction of sp³-hybridized carbons (Fsp3) is 0. The molecule has 12 rings (SSSR count).